The van der Waals surface area contributed by atoms with E-state index < -0.39 is 0 Å². The molecule has 24 heavy (non-hydrogen) atoms. The van der Waals surface area contributed by atoms with Crippen LogP contribution in [0, 0.1) is 5.82 Å². The van der Waals surface area contributed by atoms with Gasteiger partial charge in [0.15, 0.2) is 0 Å². The Morgan fingerprint density at radius 3 is 2.67 bits per heavy atom. The van der Waals surface area contributed by atoms with E-state index in [1.165, 1.54) is 12.1 Å². The molecular formula is C18H23FN4O. The molecule has 0 spiro atoms. The quantitative estimate of drug-likeness (QED) is 0.693. The first kappa shape index (κ1) is 17.8. The zero-order valence-electron chi connectivity index (χ0n) is 13.9. The van der Waals surface area contributed by atoms with Crippen molar-refractivity contribution in [3.05, 3.63) is 53.6 Å². The third kappa shape index (κ3) is 5.95. The van der Waals surface area contributed by atoms with Gasteiger partial charge in [0.25, 0.3) is 5.91 Å². The molecule has 6 heteroatoms. The van der Waals surface area contributed by atoms with Crippen LogP contribution in [0.4, 0.5) is 10.3 Å². The smallest absolute Gasteiger partial charge is 0.270 e. The Kier molecular flexibility index (Phi) is 7.14. The summed E-state index contributed by atoms with van der Waals surface area (Å²) in [6.45, 7) is 3.41. The third-order valence-corrected chi connectivity index (χ3v) is 3.56. The topological polar surface area (TPSA) is 66.9 Å². The van der Waals surface area contributed by atoms with Crippen LogP contribution in [-0.2, 0) is 6.42 Å². The molecule has 0 unspecified atom stereocenters. The summed E-state index contributed by atoms with van der Waals surface area (Å²) in [5, 5.41) is 5.94. The predicted octanol–water partition coefficient (Wildman–Crippen LogP) is 3.19. The summed E-state index contributed by atoms with van der Waals surface area (Å²) in [4.78, 5) is 20.5. The number of benzene rings is 1. The van der Waals surface area contributed by atoms with Crippen molar-refractivity contribution in [2.75, 3.05) is 18.4 Å². The van der Waals surface area contributed by atoms with E-state index in [1.54, 1.807) is 24.4 Å². The van der Waals surface area contributed by atoms with E-state index in [0.29, 0.717) is 24.6 Å². The lowest BCUT2D eigenvalue weighted by Crippen LogP contribution is -2.27. The second-order valence-electron chi connectivity index (χ2n) is 5.53. The van der Waals surface area contributed by atoms with Gasteiger partial charge in [-0.1, -0.05) is 31.9 Å². The molecule has 1 heterocycles. The lowest BCUT2D eigenvalue weighted by molar-refractivity contribution is 0.0949. The van der Waals surface area contributed by atoms with Gasteiger partial charge in [0.2, 0.25) is 5.95 Å². The van der Waals surface area contributed by atoms with E-state index in [0.717, 1.165) is 31.4 Å². The first-order valence-corrected chi connectivity index (χ1v) is 8.28. The molecule has 0 fully saturated rings. The molecule has 0 radical (unpaired) electrons. The van der Waals surface area contributed by atoms with Crippen molar-refractivity contribution in [2.45, 2.75) is 32.6 Å². The van der Waals surface area contributed by atoms with Crippen LogP contribution in [0.2, 0.25) is 0 Å². The van der Waals surface area contributed by atoms with Crippen molar-refractivity contribution < 1.29 is 9.18 Å². The van der Waals surface area contributed by atoms with Gasteiger partial charge in [0.05, 0.1) is 0 Å². The van der Waals surface area contributed by atoms with Crippen LogP contribution in [0.15, 0.2) is 36.5 Å². The number of anilines is 1. The second kappa shape index (κ2) is 9.60. The molecule has 0 aliphatic rings. The van der Waals surface area contributed by atoms with Crippen molar-refractivity contribution >= 4 is 11.9 Å². The second-order valence-corrected chi connectivity index (χ2v) is 5.53. The van der Waals surface area contributed by atoms with Gasteiger partial charge in [0, 0.05) is 19.3 Å². The van der Waals surface area contributed by atoms with E-state index in [9.17, 15) is 9.18 Å². The number of aromatic nitrogens is 2. The minimum Gasteiger partial charge on any atom is -0.354 e. The molecule has 2 rings (SSSR count). The Morgan fingerprint density at radius 2 is 1.92 bits per heavy atom. The van der Waals surface area contributed by atoms with E-state index >= 15 is 0 Å². The molecule has 2 N–H and O–H groups in total. The highest BCUT2D eigenvalue weighted by molar-refractivity contribution is 5.92. The van der Waals surface area contributed by atoms with E-state index in [1.807, 2.05) is 0 Å². The molecule has 1 aromatic carbocycles. The van der Waals surface area contributed by atoms with Crippen molar-refractivity contribution in [3.63, 3.8) is 0 Å². The molecule has 2 aromatic rings. The van der Waals surface area contributed by atoms with Crippen LogP contribution >= 0.6 is 0 Å². The average molecular weight is 330 g/mol. The highest BCUT2D eigenvalue weighted by atomic mass is 19.1. The monoisotopic (exact) mass is 330 g/mol. The molecule has 0 aliphatic carbocycles. The minimum atomic E-state index is -0.261. The van der Waals surface area contributed by atoms with Gasteiger partial charge in [-0.3, -0.25) is 4.79 Å². The summed E-state index contributed by atoms with van der Waals surface area (Å²) in [5.41, 5.74) is 1.31. The number of carbonyl (C=O) groups is 1. The first-order valence-electron chi connectivity index (χ1n) is 8.28. The number of halogens is 1. The maximum atomic E-state index is 12.8. The molecule has 128 valence electrons. The van der Waals surface area contributed by atoms with Gasteiger partial charge in [-0.05, 0) is 36.6 Å². The summed E-state index contributed by atoms with van der Waals surface area (Å²) in [5.74, 6) is -0.0313. The average Bonchev–Trinajstić information content (AvgIpc) is 2.61. The summed E-state index contributed by atoms with van der Waals surface area (Å²) in [6, 6.07) is 7.84. The van der Waals surface area contributed by atoms with Gasteiger partial charge in [-0.2, -0.15) is 0 Å². The molecule has 0 atom stereocenters. The van der Waals surface area contributed by atoms with Crippen molar-refractivity contribution in [1.29, 1.82) is 0 Å². The molecule has 1 amide bonds. The Labute approximate surface area is 141 Å². The standard InChI is InChI=1S/C18H23FN4O/c1-2-3-4-11-21-18-22-13-10-16(23-18)17(24)20-12-9-14-5-7-15(19)8-6-14/h5-8,10,13H,2-4,9,11-12H2,1H3,(H,20,24)(H,21,22,23). The van der Waals surface area contributed by atoms with E-state index in [-0.39, 0.29) is 11.7 Å². The maximum absolute atomic E-state index is 12.8. The molecule has 0 saturated heterocycles. The number of carbonyl (C=O) groups excluding carboxylic acids is 1. The van der Waals surface area contributed by atoms with Gasteiger partial charge in [0.1, 0.15) is 11.5 Å². The SMILES string of the molecule is CCCCCNc1nccc(C(=O)NCCc2ccc(F)cc2)n1. The zero-order valence-corrected chi connectivity index (χ0v) is 13.9. The predicted molar refractivity (Wildman–Crippen MR) is 92.5 cm³/mol. The highest BCUT2D eigenvalue weighted by Crippen LogP contribution is 2.04. The number of amides is 1. The van der Waals surface area contributed by atoms with Gasteiger partial charge >= 0.3 is 0 Å². The van der Waals surface area contributed by atoms with Crippen LogP contribution in [0.1, 0.15) is 42.2 Å². The molecule has 5 nitrogen and oxygen atoms in total. The largest absolute Gasteiger partial charge is 0.354 e. The van der Waals surface area contributed by atoms with E-state index in [2.05, 4.69) is 27.5 Å². The lowest BCUT2D eigenvalue weighted by Gasteiger charge is -2.07. The number of hydrogen-bond acceptors (Lipinski definition) is 4. The van der Waals surface area contributed by atoms with Crippen LogP contribution in [0.25, 0.3) is 0 Å². The van der Waals surface area contributed by atoms with Crippen LogP contribution < -0.4 is 10.6 Å². The van der Waals surface area contributed by atoms with Crippen molar-refractivity contribution in [1.82, 2.24) is 15.3 Å². The van der Waals surface area contributed by atoms with Crippen molar-refractivity contribution in [2.24, 2.45) is 0 Å². The summed E-state index contributed by atoms with van der Waals surface area (Å²) in [7, 11) is 0. The Morgan fingerprint density at radius 1 is 1.12 bits per heavy atom. The number of nitrogens with zero attached hydrogens (tertiary/aromatic N) is 2. The van der Waals surface area contributed by atoms with Crippen molar-refractivity contribution in [3.8, 4) is 0 Å². The molecular weight excluding hydrogens is 307 g/mol. The fourth-order valence-corrected chi connectivity index (χ4v) is 2.21. The molecule has 0 aliphatic heterocycles. The summed E-state index contributed by atoms with van der Waals surface area (Å²) >= 11 is 0. The number of unbranched alkanes of at least 4 members (excludes halogenated alkanes) is 2. The zero-order chi connectivity index (χ0) is 17.2. The highest BCUT2D eigenvalue weighted by Gasteiger charge is 2.08. The molecule has 0 saturated carbocycles. The van der Waals surface area contributed by atoms with E-state index in [4.69, 9.17) is 0 Å². The third-order valence-electron chi connectivity index (χ3n) is 3.56. The Balaban J connectivity index is 1.80. The fraction of sp³-hybridized carbons (Fsp3) is 0.389. The number of nitrogens with one attached hydrogen (secondary N) is 2. The normalized spacial score (nSPS) is 10.4. The summed E-state index contributed by atoms with van der Waals surface area (Å²) < 4.78 is 12.8. The Hall–Kier alpha value is -2.50. The fourth-order valence-electron chi connectivity index (χ4n) is 2.21. The lowest BCUT2D eigenvalue weighted by atomic mass is 10.1. The van der Waals surface area contributed by atoms with Crippen LogP contribution in [0.3, 0.4) is 0 Å². The maximum Gasteiger partial charge on any atom is 0.270 e. The van der Waals surface area contributed by atoms with Gasteiger partial charge < -0.3 is 10.6 Å². The molecule has 0 bridgehead atoms. The van der Waals surface area contributed by atoms with Crippen LogP contribution in [-0.4, -0.2) is 29.0 Å². The summed E-state index contributed by atoms with van der Waals surface area (Å²) in [6.07, 6.45) is 5.56. The van der Waals surface area contributed by atoms with Gasteiger partial charge in [-0.15, -0.1) is 0 Å². The number of hydrogen-bond donors (Lipinski definition) is 2. The van der Waals surface area contributed by atoms with Crippen LogP contribution in [0.5, 0.6) is 0 Å². The molecule has 1 aromatic heterocycles. The minimum absolute atomic E-state index is 0.240. The van der Waals surface area contributed by atoms with Gasteiger partial charge in [-0.25, -0.2) is 14.4 Å². The first-order chi connectivity index (χ1) is 11.7. The Bertz CT molecular complexity index is 646. The number of rotatable bonds is 9.